The summed E-state index contributed by atoms with van der Waals surface area (Å²) in [4.78, 5) is 14.7. The van der Waals surface area contributed by atoms with Gasteiger partial charge >= 0.3 is 0 Å². The van der Waals surface area contributed by atoms with Crippen LogP contribution >= 0.6 is 0 Å². The topological polar surface area (TPSA) is 68.1 Å². The summed E-state index contributed by atoms with van der Waals surface area (Å²) in [6.07, 6.45) is 2.54. The second-order valence-corrected chi connectivity index (χ2v) is 4.20. The summed E-state index contributed by atoms with van der Waals surface area (Å²) in [7, 11) is 0. The fourth-order valence-corrected chi connectivity index (χ4v) is 1.88. The van der Waals surface area contributed by atoms with Gasteiger partial charge in [0.1, 0.15) is 0 Å². The average Bonchev–Trinajstić information content (AvgIpc) is 2.41. The number of hydrogen-bond donors (Lipinski definition) is 1. The maximum absolute atomic E-state index is 10.8. The number of benzene rings is 1. The molecule has 2 aromatic rings. The van der Waals surface area contributed by atoms with Crippen LogP contribution in [-0.2, 0) is 6.42 Å². The first-order valence-corrected chi connectivity index (χ1v) is 6.06. The second-order valence-electron chi connectivity index (χ2n) is 4.20. The Labute approximate surface area is 111 Å². The maximum atomic E-state index is 10.8. The van der Waals surface area contributed by atoms with Crippen LogP contribution in [0.5, 0.6) is 0 Å². The Morgan fingerprint density at radius 3 is 2.79 bits per heavy atom. The van der Waals surface area contributed by atoms with Crippen molar-refractivity contribution in [3.05, 3.63) is 64.0 Å². The van der Waals surface area contributed by atoms with Crippen LogP contribution < -0.4 is 5.32 Å². The Balaban J connectivity index is 2.00. The minimum absolute atomic E-state index is 0.142. The molecule has 2 rings (SSSR count). The molecule has 1 heterocycles. The molecule has 0 aliphatic rings. The van der Waals surface area contributed by atoms with Gasteiger partial charge in [-0.25, -0.2) is 0 Å². The van der Waals surface area contributed by atoms with E-state index in [1.807, 2.05) is 24.3 Å². The smallest absolute Gasteiger partial charge is 0.274 e. The minimum Gasteiger partial charge on any atom is -0.384 e. The zero-order chi connectivity index (χ0) is 13.7. The van der Waals surface area contributed by atoms with E-state index in [0.717, 1.165) is 17.8 Å². The molecule has 0 fully saturated rings. The molecule has 0 atom stereocenters. The monoisotopic (exact) mass is 257 g/mol. The molecular weight excluding hydrogens is 242 g/mol. The molecule has 98 valence electrons. The summed E-state index contributed by atoms with van der Waals surface area (Å²) in [6, 6.07) is 10.8. The molecule has 5 nitrogen and oxygen atoms in total. The molecule has 5 heteroatoms. The van der Waals surface area contributed by atoms with Crippen LogP contribution in [0.4, 0.5) is 11.4 Å². The lowest BCUT2D eigenvalue weighted by atomic mass is 10.1. The Morgan fingerprint density at radius 1 is 1.26 bits per heavy atom. The maximum Gasteiger partial charge on any atom is 0.274 e. The molecule has 0 aliphatic carbocycles. The SMILES string of the molecule is Cc1c(NCCc2ccccn2)cccc1[N+](=O)[O-]. The molecule has 1 N–H and O–H groups in total. The summed E-state index contributed by atoms with van der Waals surface area (Å²) in [5.74, 6) is 0. The summed E-state index contributed by atoms with van der Waals surface area (Å²) < 4.78 is 0. The molecule has 0 saturated carbocycles. The van der Waals surface area contributed by atoms with Crippen molar-refractivity contribution in [1.82, 2.24) is 4.98 Å². The fourth-order valence-electron chi connectivity index (χ4n) is 1.88. The number of rotatable bonds is 5. The highest BCUT2D eigenvalue weighted by Gasteiger charge is 2.12. The number of nitrogens with one attached hydrogen (secondary N) is 1. The number of nitro benzene ring substituents is 1. The van der Waals surface area contributed by atoms with Crippen molar-refractivity contribution in [2.75, 3.05) is 11.9 Å². The Bertz CT molecular complexity index is 570. The number of pyridine rings is 1. The van der Waals surface area contributed by atoms with E-state index in [1.54, 1.807) is 19.2 Å². The standard InChI is InChI=1S/C14H15N3O2/c1-11-13(6-4-7-14(11)17(18)19)16-10-8-12-5-2-3-9-15-12/h2-7,9,16H,8,10H2,1H3. The van der Waals surface area contributed by atoms with Crippen molar-refractivity contribution in [1.29, 1.82) is 0 Å². The summed E-state index contributed by atoms with van der Waals surface area (Å²) in [6.45, 7) is 2.44. The molecule has 0 aliphatic heterocycles. The van der Waals surface area contributed by atoms with Crippen LogP contribution in [0.1, 0.15) is 11.3 Å². The van der Waals surface area contributed by atoms with Crippen LogP contribution in [0.15, 0.2) is 42.6 Å². The third-order valence-corrected chi connectivity index (χ3v) is 2.92. The summed E-state index contributed by atoms with van der Waals surface area (Å²) in [5, 5.41) is 14.0. The first kappa shape index (κ1) is 13.0. The van der Waals surface area contributed by atoms with Crippen LogP contribution in [0.2, 0.25) is 0 Å². The van der Waals surface area contributed by atoms with Crippen LogP contribution in [0, 0.1) is 17.0 Å². The predicted octanol–water partition coefficient (Wildman–Crippen LogP) is 2.95. The first-order valence-electron chi connectivity index (χ1n) is 6.06. The molecular formula is C14H15N3O2. The van der Waals surface area contributed by atoms with Gasteiger partial charge in [-0.05, 0) is 25.1 Å². The average molecular weight is 257 g/mol. The van der Waals surface area contributed by atoms with Gasteiger partial charge in [-0.15, -0.1) is 0 Å². The van der Waals surface area contributed by atoms with Crippen LogP contribution in [0.25, 0.3) is 0 Å². The molecule has 0 unspecified atom stereocenters. The van der Waals surface area contributed by atoms with E-state index in [-0.39, 0.29) is 10.6 Å². The normalized spacial score (nSPS) is 10.2. The van der Waals surface area contributed by atoms with Crippen molar-refractivity contribution in [2.24, 2.45) is 0 Å². The highest BCUT2D eigenvalue weighted by Crippen LogP contribution is 2.24. The van der Waals surface area contributed by atoms with Gasteiger partial charge in [0.15, 0.2) is 0 Å². The number of anilines is 1. The first-order chi connectivity index (χ1) is 9.18. The quantitative estimate of drug-likeness (QED) is 0.660. The van der Waals surface area contributed by atoms with E-state index in [0.29, 0.717) is 12.1 Å². The van der Waals surface area contributed by atoms with Crippen molar-refractivity contribution >= 4 is 11.4 Å². The van der Waals surface area contributed by atoms with E-state index in [1.165, 1.54) is 6.07 Å². The zero-order valence-electron chi connectivity index (χ0n) is 10.7. The van der Waals surface area contributed by atoms with E-state index >= 15 is 0 Å². The molecule has 0 spiro atoms. The van der Waals surface area contributed by atoms with Gasteiger partial charge in [-0.2, -0.15) is 0 Å². The highest BCUT2D eigenvalue weighted by molar-refractivity contribution is 5.59. The van der Waals surface area contributed by atoms with Crippen molar-refractivity contribution in [3.8, 4) is 0 Å². The van der Waals surface area contributed by atoms with Gasteiger partial charge in [0, 0.05) is 42.2 Å². The van der Waals surface area contributed by atoms with E-state index in [9.17, 15) is 10.1 Å². The van der Waals surface area contributed by atoms with E-state index in [2.05, 4.69) is 10.3 Å². The third-order valence-electron chi connectivity index (χ3n) is 2.92. The Morgan fingerprint density at radius 2 is 2.11 bits per heavy atom. The second kappa shape index (κ2) is 5.95. The summed E-state index contributed by atoms with van der Waals surface area (Å²) in [5.41, 5.74) is 2.60. The lowest BCUT2D eigenvalue weighted by Gasteiger charge is -2.09. The number of aromatic nitrogens is 1. The largest absolute Gasteiger partial charge is 0.384 e. The lowest BCUT2D eigenvalue weighted by molar-refractivity contribution is -0.385. The third kappa shape index (κ3) is 3.28. The van der Waals surface area contributed by atoms with Gasteiger partial charge in [0.05, 0.1) is 4.92 Å². The molecule has 0 radical (unpaired) electrons. The van der Waals surface area contributed by atoms with Gasteiger partial charge in [-0.1, -0.05) is 12.1 Å². The van der Waals surface area contributed by atoms with Gasteiger partial charge in [0.2, 0.25) is 0 Å². The van der Waals surface area contributed by atoms with Crippen LogP contribution in [-0.4, -0.2) is 16.5 Å². The molecule has 1 aromatic carbocycles. The number of nitrogens with zero attached hydrogens (tertiary/aromatic N) is 2. The van der Waals surface area contributed by atoms with Crippen molar-refractivity contribution < 1.29 is 4.92 Å². The fraction of sp³-hybridized carbons (Fsp3) is 0.214. The van der Waals surface area contributed by atoms with E-state index in [4.69, 9.17) is 0 Å². The molecule has 0 bridgehead atoms. The lowest BCUT2D eigenvalue weighted by Crippen LogP contribution is -2.07. The number of hydrogen-bond acceptors (Lipinski definition) is 4. The van der Waals surface area contributed by atoms with Crippen LogP contribution in [0.3, 0.4) is 0 Å². The van der Waals surface area contributed by atoms with E-state index < -0.39 is 0 Å². The molecule has 1 aromatic heterocycles. The van der Waals surface area contributed by atoms with Gasteiger partial charge < -0.3 is 5.32 Å². The predicted molar refractivity (Wildman–Crippen MR) is 74.3 cm³/mol. The molecule has 0 saturated heterocycles. The minimum atomic E-state index is -0.362. The van der Waals surface area contributed by atoms with Crippen molar-refractivity contribution in [2.45, 2.75) is 13.3 Å². The summed E-state index contributed by atoms with van der Waals surface area (Å²) >= 11 is 0. The zero-order valence-corrected chi connectivity index (χ0v) is 10.7. The Kier molecular flexibility index (Phi) is 4.07. The highest BCUT2D eigenvalue weighted by atomic mass is 16.6. The van der Waals surface area contributed by atoms with Gasteiger partial charge in [0.25, 0.3) is 5.69 Å². The molecule has 0 amide bonds. The van der Waals surface area contributed by atoms with Gasteiger partial charge in [-0.3, -0.25) is 15.1 Å². The van der Waals surface area contributed by atoms with Crippen molar-refractivity contribution in [3.63, 3.8) is 0 Å². The Hall–Kier alpha value is -2.43. The molecule has 19 heavy (non-hydrogen) atoms. The number of nitro groups is 1.